The minimum Gasteiger partial charge on any atom is -0.494 e. The number of anilines is 3. The van der Waals surface area contributed by atoms with E-state index in [9.17, 15) is 18.8 Å². The van der Waals surface area contributed by atoms with Gasteiger partial charge < -0.3 is 20.7 Å². The lowest BCUT2D eigenvalue weighted by molar-refractivity contribution is -0.119. The molecule has 8 nitrogen and oxygen atoms in total. The molecule has 0 fully saturated rings. The second kappa shape index (κ2) is 12.3. The van der Waals surface area contributed by atoms with Gasteiger partial charge in [-0.2, -0.15) is 0 Å². The van der Waals surface area contributed by atoms with Gasteiger partial charge in [0.1, 0.15) is 11.6 Å². The maximum atomic E-state index is 13.3. The number of hydrogen-bond acceptors (Lipinski definition) is 5. The smallest absolute Gasteiger partial charge is 0.257 e. The monoisotopic (exact) mass is 478 g/mol. The first-order chi connectivity index (χ1) is 16.8. The molecule has 0 aliphatic heterocycles. The Morgan fingerprint density at radius 3 is 2.20 bits per heavy atom. The molecule has 0 aliphatic carbocycles. The topological polar surface area (TPSA) is 99.8 Å². The lowest BCUT2D eigenvalue weighted by Crippen LogP contribution is -2.36. The molecule has 35 heavy (non-hydrogen) atoms. The molecule has 0 unspecified atom stereocenters. The largest absolute Gasteiger partial charge is 0.494 e. The molecule has 182 valence electrons. The molecule has 0 bridgehead atoms. The molecule has 0 spiro atoms. The Morgan fingerprint density at radius 1 is 0.829 bits per heavy atom. The number of carbonyl (C=O) groups excluding carboxylic acids is 3. The van der Waals surface area contributed by atoms with E-state index in [0.29, 0.717) is 35.0 Å². The average Bonchev–Trinajstić information content (AvgIpc) is 2.80. The summed E-state index contributed by atoms with van der Waals surface area (Å²) >= 11 is 0. The Kier molecular flexibility index (Phi) is 8.91. The van der Waals surface area contributed by atoms with Crippen LogP contribution in [0.15, 0.2) is 72.8 Å². The Labute approximate surface area is 203 Å². The summed E-state index contributed by atoms with van der Waals surface area (Å²) in [7, 11) is 1.61. The normalized spacial score (nSPS) is 10.5. The van der Waals surface area contributed by atoms with Crippen LogP contribution in [0.2, 0.25) is 0 Å². The first-order valence-corrected chi connectivity index (χ1v) is 11.0. The third-order valence-corrected chi connectivity index (χ3v) is 4.80. The standard InChI is InChI=1S/C26H27FN4O4/c1-3-35-21-13-11-19(12-14-21)29-26(34)22-9-4-5-10-23(22)30-25(33)17-31(2)16-24(32)28-20-8-6-7-18(27)15-20/h4-15H,3,16-17H2,1-2H3,(H,28,32)(H,29,34)(H,30,33). The Bertz CT molecular complexity index is 1180. The van der Waals surface area contributed by atoms with Crippen LogP contribution in [0.3, 0.4) is 0 Å². The molecule has 3 aromatic carbocycles. The van der Waals surface area contributed by atoms with Crippen LogP contribution in [0.4, 0.5) is 21.5 Å². The SMILES string of the molecule is CCOc1ccc(NC(=O)c2ccccc2NC(=O)CN(C)CC(=O)Nc2cccc(F)c2)cc1. The van der Waals surface area contributed by atoms with E-state index in [1.165, 1.54) is 23.1 Å². The van der Waals surface area contributed by atoms with Crippen molar-refractivity contribution in [1.82, 2.24) is 4.90 Å². The number of halogens is 1. The van der Waals surface area contributed by atoms with Crippen LogP contribution < -0.4 is 20.7 Å². The zero-order valence-electron chi connectivity index (χ0n) is 19.5. The lowest BCUT2D eigenvalue weighted by atomic mass is 10.1. The zero-order chi connectivity index (χ0) is 25.2. The van der Waals surface area contributed by atoms with Crippen LogP contribution in [-0.4, -0.2) is 49.4 Å². The van der Waals surface area contributed by atoms with E-state index >= 15 is 0 Å². The fourth-order valence-corrected chi connectivity index (χ4v) is 3.29. The first-order valence-electron chi connectivity index (χ1n) is 11.0. The highest BCUT2D eigenvalue weighted by Gasteiger charge is 2.16. The predicted octanol–water partition coefficient (Wildman–Crippen LogP) is 3.99. The minimum absolute atomic E-state index is 0.0796. The molecular formula is C26H27FN4O4. The number of rotatable bonds is 10. The molecular weight excluding hydrogens is 451 g/mol. The summed E-state index contributed by atoms with van der Waals surface area (Å²) in [6.45, 7) is 2.27. The van der Waals surface area contributed by atoms with E-state index in [2.05, 4.69) is 16.0 Å². The lowest BCUT2D eigenvalue weighted by Gasteiger charge is -2.17. The number of nitrogens with one attached hydrogen (secondary N) is 3. The Hall–Kier alpha value is -4.24. The number of likely N-dealkylation sites (N-methyl/N-ethyl adjacent to an activating group) is 1. The van der Waals surface area contributed by atoms with Crippen LogP contribution in [0.25, 0.3) is 0 Å². The van der Waals surface area contributed by atoms with Crippen molar-refractivity contribution in [3.63, 3.8) is 0 Å². The summed E-state index contributed by atoms with van der Waals surface area (Å²) in [5.41, 5.74) is 1.56. The summed E-state index contributed by atoms with van der Waals surface area (Å²) in [5.74, 6) is -0.922. The number of carbonyl (C=O) groups is 3. The highest BCUT2D eigenvalue weighted by molar-refractivity contribution is 6.10. The number of para-hydroxylation sites is 1. The molecule has 0 heterocycles. The minimum atomic E-state index is -0.458. The van der Waals surface area contributed by atoms with Crippen LogP contribution >= 0.6 is 0 Å². The van der Waals surface area contributed by atoms with Crippen LogP contribution in [0, 0.1) is 5.82 Å². The van der Waals surface area contributed by atoms with Gasteiger partial charge in [-0.15, -0.1) is 0 Å². The van der Waals surface area contributed by atoms with Gasteiger partial charge >= 0.3 is 0 Å². The van der Waals surface area contributed by atoms with Crippen molar-refractivity contribution in [2.75, 3.05) is 42.7 Å². The number of nitrogens with zero attached hydrogens (tertiary/aromatic N) is 1. The molecule has 0 aliphatic rings. The van der Waals surface area contributed by atoms with Gasteiger partial charge in [-0.3, -0.25) is 19.3 Å². The van der Waals surface area contributed by atoms with Crippen molar-refractivity contribution in [1.29, 1.82) is 0 Å². The zero-order valence-corrected chi connectivity index (χ0v) is 19.5. The third kappa shape index (κ3) is 7.94. The van der Waals surface area contributed by atoms with Gasteiger partial charge in [0.15, 0.2) is 0 Å². The quantitative estimate of drug-likeness (QED) is 0.409. The van der Waals surface area contributed by atoms with Gasteiger partial charge in [0.25, 0.3) is 5.91 Å². The van der Waals surface area contributed by atoms with Crippen molar-refractivity contribution in [3.8, 4) is 5.75 Å². The van der Waals surface area contributed by atoms with Gasteiger partial charge in [0.2, 0.25) is 11.8 Å². The second-order valence-corrected chi connectivity index (χ2v) is 7.74. The third-order valence-electron chi connectivity index (χ3n) is 4.80. The van der Waals surface area contributed by atoms with Crippen molar-refractivity contribution in [3.05, 3.63) is 84.2 Å². The molecule has 3 aromatic rings. The first kappa shape index (κ1) is 25.4. The predicted molar refractivity (Wildman–Crippen MR) is 133 cm³/mol. The van der Waals surface area contributed by atoms with E-state index in [0.717, 1.165) is 0 Å². The number of hydrogen-bond donors (Lipinski definition) is 3. The Morgan fingerprint density at radius 2 is 1.51 bits per heavy atom. The summed E-state index contributed by atoms with van der Waals surface area (Å²) in [6, 6.07) is 19.2. The van der Waals surface area contributed by atoms with Crippen molar-refractivity contribution in [2.45, 2.75) is 6.92 Å². The van der Waals surface area contributed by atoms with Crippen LogP contribution in [0.5, 0.6) is 5.75 Å². The van der Waals surface area contributed by atoms with E-state index in [1.54, 1.807) is 61.6 Å². The van der Waals surface area contributed by atoms with E-state index in [4.69, 9.17) is 4.74 Å². The number of amides is 3. The fraction of sp³-hybridized carbons (Fsp3) is 0.192. The van der Waals surface area contributed by atoms with Crippen molar-refractivity contribution >= 4 is 34.8 Å². The van der Waals surface area contributed by atoms with Gasteiger partial charge in [-0.25, -0.2) is 4.39 Å². The highest BCUT2D eigenvalue weighted by Crippen LogP contribution is 2.20. The summed E-state index contributed by atoms with van der Waals surface area (Å²) in [5, 5.41) is 8.10. The second-order valence-electron chi connectivity index (χ2n) is 7.74. The molecule has 0 atom stereocenters. The van der Waals surface area contributed by atoms with E-state index < -0.39 is 11.7 Å². The maximum Gasteiger partial charge on any atom is 0.257 e. The number of ether oxygens (including phenoxy) is 1. The van der Waals surface area contributed by atoms with Gasteiger partial charge in [0.05, 0.1) is 30.9 Å². The van der Waals surface area contributed by atoms with Crippen LogP contribution in [0.1, 0.15) is 17.3 Å². The maximum absolute atomic E-state index is 13.3. The van der Waals surface area contributed by atoms with E-state index in [1.807, 2.05) is 6.92 Å². The Balaban J connectivity index is 1.55. The molecule has 3 rings (SSSR count). The molecule has 3 amide bonds. The van der Waals surface area contributed by atoms with Crippen molar-refractivity contribution < 1.29 is 23.5 Å². The van der Waals surface area contributed by atoms with Gasteiger partial charge in [-0.1, -0.05) is 18.2 Å². The summed E-state index contributed by atoms with van der Waals surface area (Å²) in [6.07, 6.45) is 0. The van der Waals surface area contributed by atoms with Gasteiger partial charge in [0, 0.05) is 11.4 Å². The highest BCUT2D eigenvalue weighted by atomic mass is 19.1. The molecule has 0 saturated carbocycles. The summed E-state index contributed by atoms with van der Waals surface area (Å²) < 4.78 is 18.7. The fourth-order valence-electron chi connectivity index (χ4n) is 3.29. The van der Waals surface area contributed by atoms with Gasteiger partial charge in [-0.05, 0) is 68.6 Å². The molecule has 0 radical (unpaired) electrons. The van der Waals surface area contributed by atoms with Crippen LogP contribution in [-0.2, 0) is 9.59 Å². The van der Waals surface area contributed by atoms with Crippen molar-refractivity contribution in [2.24, 2.45) is 0 Å². The molecule has 9 heteroatoms. The summed E-state index contributed by atoms with van der Waals surface area (Å²) in [4.78, 5) is 39.1. The number of benzene rings is 3. The average molecular weight is 479 g/mol. The molecule has 3 N–H and O–H groups in total. The molecule has 0 aromatic heterocycles. The van der Waals surface area contributed by atoms with E-state index in [-0.39, 0.29) is 24.9 Å². The molecule has 0 saturated heterocycles.